The molecule has 2 aromatic heterocycles. The van der Waals surface area contributed by atoms with Crippen molar-refractivity contribution in [3.8, 4) is 18.1 Å². The lowest BCUT2D eigenvalue weighted by Crippen LogP contribution is -2.70. The van der Waals surface area contributed by atoms with Crippen LogP contribution in [0.15, 0.2) is 60.9 Å². The molecule has 1 aliphatic carbocycles. The average molecular weight is 990 g/mol. The molecule has 2 aromatic carbocycles. The lowest BCUT2D eigenvalue weighted by Gasteiger charge is -2.61. The SMILES string of the molecule is C#Cc1ccc(CNC=O)cc1.CC1c2c([nH]c(N)c2/C=C(\N)c2ccccc2O)CCN1c1ncc(C2CCN(C3CC4(C3)CN(C(=O)NC(C(=O)N3CCC(O)C3)C(C)(C)CCC(F)F)C4)CC2)cn1. The van der Waals surface area contributed by atoms with E-state index in [0.717, 1.165) is 85.2 Å². The number of para-hydroxylation sites is 1. The monoisotopic (exact) mass is 990 g/mol. The van der Waals surface area contributed by atoms with Crippen molar-refractivity contribution >= 4 is 41.9 Å². The van der Waals surface area contributed by atoms with Crippen molar-refractivity contribution < 1.29 is 33.4 Å². The van der Waals surface area contributed by atoms with E-state index in [0.29, 0.717) is 74.0 Å². The molecule has 0 radical (unpaired) electrons. The molecule has 3 unspecified atom stereocenters. The number of phenols is 1. The standard InChI is InChI=1S/C44H60F2N10O4.C10H9NO/c1-26-37-32(18-33(47)31-6-4-5-7-35(31)58)39(48)51-34(37)12-17-56(26)41-49-21-28(22-50-41)27-9-14-53(15-10-27)29-19-44(20-29)24-55(25-44)42(60)52-38(43(2,3)13-8-36(45)46)40(59)54-16-11-30(57)23-54;1-2-9-3-5-10(6-4-9)7-11-8-12/h4-7,18,21-22,26-27,29-30,36,38,51,57-58H,8-17,19-20,23-25,47-48H2,1-3H3,(H,52,60);1,3-6,8H,7H2,(H,11,12)/b33-18-;. The lowest BCUT2D eigenvalue weighted by atomic mass is 9.60. The van der Waals surface area contributed by atoms with Gasteiger partial charge in [-0.2, -0.15) is 0 Å². The fraction of sp³-hybridized carbons (Fsp3) is 0.500. The number of urea groups is 1. The first kappa shape index (κ1) is 51.6. The number of nitrogens with zero attached hydrogens (tertiary/aromatic N) is 6. The van der Waals surface area contributed by atoms with Crippen LogP contribution in [0, 0.1) is 23.2 Å². The van der Waals surface area contributed by atoms with Crippen LogP contribution in [-0.2, 0) is 22.6 Å². The fourth-order valence-electron chi connectivity index (χ4n) is 11.3. The van der Waals surface area contributed by atoms with Crippen LogP contribution >= 0.6 is 0 Å². The molecule has 384 valence electrons. The predicted molar refractivity (Wildman–Crippen MR) is 273 cm³/mol. The number of hydrogen-bond donors (Lipinski definition) is 7. The molecule has 3 atom stereocenters. The first-order valence-electron chi connectivity index (χ1n) is 25.1. The molecule has 72 heavy (non-hydrogen) atoms. The van der Waals surface area contributed by atoms with E-state index in [4.69, 9.17) is 27.9 Å². The van der Waals surface area contributed by atoms with Crippen molar-refractivity contribution in [2.24, 2.45) is 16.6 Å². The first-order chi connectivity index (χ1) is 34.5. The zero-order valence-corrected chi connectivity index (χ0v) is 41.5. The number of hydrogen-bond acceptors (Lipinski definition) is 11. The van der Waals surface area contributed by atoms with Crippen molar-refractivity contribution in [1.82, 2.24) is 40.3 Å². The van der Waals surface area contributed by atoms with E-state index in [9.17, 15) is 33.4 Å². The van der Waals surface area contributed by atoms with Crippen molar-refractivity contribution in [3.63, 3.8) is 0 Å². The zero-order valence-electron chi connectivity index (χ0n) is 41.5. The number of carbonyl (C=O) groups is 3. The van der Waals surface area contributed by atoms with Gasteiger partial charge in [-0.25, -0.2) is 23.5 Å². The maximum atomic E-state index is 13.5. The van der Waals surface area contributed by atoms with Gasteiger partial charge in [0.2, 0.25) is 24.7 Å². The Kier molecular flexibility index (Phi) is 15.8. The first-order valence-corrected chi connectivity index (χ1v) is 25.1. The van der Waals surface area contributed by atoms with Gasteiger partial charge in [0.15, 0.2) is 0 Å². The fourth-order valence-corrected chi connectivity index (χ4v) is 11.3. The summed E-state index contributed by atoms with van der Waals surface area (Å²) in [4.78, 5) is 58.1. The van der Waals surface area contributed by atoms with Gasteiger partial charge in [0.05, 0.1) is 12.1 Å². The number of H-pyrrole nitrogens is 1. The second-order valence-corrected chi connectivity index (χ2v) is 21.0. The van der Waals surface area contributed by atoms with Gasteiger partial charge >= 0.3 is 6.03 Å². The minimum atomic E-state index is -2.49. The molecule has 1 spiro atoms. The number of aliphatic hydroxyl groups is 1. The molecule has 4 aliphatic heterocycles. The predicted octanol–water partition coefficient (Wildman–Crippen LogP) is 5.97. The number of piperidine rings is 1. The molecule has 18 heteroatoms. The number of anilines is 2. The largest absolute Gasteiger partial charge is 0.507 e. The molecular formula is C54H69F2N11O5. The third-order valence-electron chi connectivity index (χ3n) is 15.6. The topological polar surface area (TPSA) is 222 Å². The number of aromatic nitrogens is 3. The third kappa shape index (κ3) is 11.5. The molecule has 6 heterocycles. The summed E-state index contributed by atoms with van der Waals surface area (Å²) < 4.78 is 26.4. The van der Waals surface area contributed by atoms with Gasteiger partial charge in [0.1, 0.15) is 17.6 Å². The van der Waals surface area contributed by atoms with Gasteiger partial charge in [0, 0.05) is 110 Å². The molecule has 1 saturated carbocycles. The Labute approximate surface area is 420 Å². The highest BCUT2D eigenvalue weighted by molar-refractivity contribution is 5.89. The number of aromatic hydroxyl groups is 1. The van der Waals surface area contributed by atoms with Crippen molar-refractivity contribution in [2.45, 2.75) is 115 Å². The average Bonchev–Trinajstić information content (AvgIpc) is 3.93. The van der Waals surface area contributed by atoms with Crippen LogP contribution in [0.25, 0.3) is 11.8 Å². The van der Waals surface area contributed by atoms with E-state index >= 15 is 0 Å². The van der Waals surface area contributed by atoms with E-state index in [-0.39, 0.29) is 48.5 Å². The molecule has 0 bridgehead atoms. The minimum absolute atomic E-state index is 0.0586. The molecule has 4 fully saturated rings. The van der Waals surface area contributed by atoms with Crippen molar-refractivity contribution in [3.05, 3.63) is 100.0 Å². The van der Waals surface area contributed by atoms with Crippen LogP contribution in [0.3, 0.4) is 0 Å². The number of β-amino-alcohol motifs (C(OH)–C–C–N with tert-alkyl or cyclic N) is 1. The number of rotatable bonds is 14. The number of nitrogens with two attached hydrogens (primary N) is 2. The summed E-state index contributed by atoms with van der Waals surface area (Å²) >= 11 is 0. The maximum Gasteiger partial charge on any atom is 0.318 e. The van der Waals surface area contributed by atoms with Crippen molar-refractivity contribution in [2.75, 3.05) is 56.4 Å². The number of alkyl halides is 2. The Hall–Kier alpha value is -6.71. The molecule has 4 amide bonds. The number of benzene rings is 2. The van der Waals surface area contributed by atoms with E-state index < -0.39 is 24.0 Å². The molecule has 3 saturated heterocycles. The lowest BCUT2D eigenvalue weighted by molar-refractivity contribution is -0.136. The number of fused-ring (bicyclic) bond motifs is 1. The van der Waals surface area contributed by atoms with Gasteiger partial charge in [-0.15, -0.1) is 6.42 Å². The Balaban J connectivity index is 0.000000508. The molecule has 5 aliphatic rings. The zero-order chi connectivity index (χ0) is 51.3. The summed E-state index contributed by atoms with van der Waals surface area (Å²) in [5, 5.41) is 25.9. The number of halogens is 2. The normalized spacial score (nSPS) is 20.7. The Morgan fingerprint density at radius 1 is 1.03 bits per heavy atom. The number of phenolic OH excluding ortho intramolecular Hbond substituents is 1. The molecule has 4 aromatic rings. The van der Waals surface area contributed by atoms with Crippen molar-refractivity contribution in [1.29, 1.82) is 0 Å². The van der Waals surface area contributed by atoms with Crippen LogP contribution in [0.1, 0.15) is 117 Å². The van der Waals surface area contributed by atoms with Crippen LogP contribution in [0.4, 0.5) is 25.3 Å². The van der Waals surface area contributed by atoms with E-state index in [1.165, 1.54) is 4.90 Å². The summed E-state index contributed by atoms with van der Waals surface area (Å²) in [5.74, 6) is 3.90. The number of likely N-dealkylation sites (tertiary alicyclic amines) is 3. The number of amides is 4. The highest BCUT2D eigenvalue weighted by Crippen LogP contribution is 2.51. The quantitative estimate of drug-likeness (QED) is 0.0576. The van der Waals surface area contributed by atoms with Gasteiger partial charge in [-0.3, -0.25) is 9.59 Å². The Morgan fingerprint density at radius 3 is 2.35 bits per heavy atom. The number of aliphatic hydroxyl groups excluding tert-OH is 1. The molecular weight excluding hydrogens is 921 g/mol. The van der Waals surface area contributed by atoms with Crippen LogP contribution in [0.2, 0.25) is 0 Å². The Bertz CT molecular complexity index is 2610. The van der Waals surface area contributed by atoms with Gasteiger partial charge < -0.3 is 56.9 Å². The molecule has 9 rings (SSSR count). The smallest absolute Gasteiger partial charge is 0.318 e. The number of nitrogen functional groups attached to an aromatic ring is 1. The number of terminal acetylenes is 1. The maximum absolute atomic E-state index is 13.5. The second-order valence-electron chi connectivity index (χ2n) is 21.0. The molecule has 9 N–H and O–H groups in total. The van der Waals surface area contributed by atoms with Crippen LogP contribution in [0.5, 0.6) is 5.75 Å². The second kappa shape index (κ2) is 22.0. The Morgan fingerprint density at radius 2 is 1.72 bits per heavy atom. The number of carbonyl (C=O) groups excluding carboxylic acids is 3. The number of nitrogens with one attached hydrogen (secondary N) is 3. The summed E-state index contributed by atoms with van der Waals surface area (Å²) in [6.07, 6.45) is 13.6. The van der Waals surface area contributed by atoms with Gasteiger partial charge in [0.25, 0.3) is 0 Å². The number of aromatic amines is 1. The highest BCUT2D eigenvalue weighted by atomic mass is 19.3. The van der Waals surface area contributed by atoms with Gasteiger partial charge in [-0.05, 0) is 111 Å². The van der Waals surface area contributed by atoms with Crippen LogP contribution in [-0.4, -0.2) is 129 Å². The van der Waals surface area contributed by atoms with E-state index in [2.05, 4.69) is 38.3 Å². The highest BCUT2D eigenvalue weighted by Gasteiger charge is 2.56. The summed E-state index contributed by atoms with van der Waals surface area (Å²) in [6.45, 7) is 10.7. The summed E-state index contributed by atoms with van der Waals surface area (Å²) in [6, 6.07) is 13.6. The molecule has 16 nitrogen and oxygen atoms in total. The van der Waals surface area contributed by atoms with E-state index in [1.54, 1.807) is 36.9 Å². The van der Waals surface area contributed by atoms with E-state index in [1.807, 2.05) is 48.8 Å². The van der Waals surface area contributed by atoms with Crippen LogP contribution < -0.4 is 27.0 Å². The third-order valence-corrected chi connectivity index (χ3v) is 15.6. The summed E-state index contributed by atoms with van der Waals surface area (Å²) in [5.41, 5.74) is 19.1. The van der Waals surface area contributed by atoms with Gasteiger partial charge in [-0.1, -0.05) is 44.0 Å². The summed E-state index contributed by atoms with van der Waals surface area (Å²) in [7, 11) is 0. The minimum Gasteiger partial charge on any atom is -0.507 e.